The van der Waals surface area contributed by atoms with E-state index in [1.165, 1.54) is 19.3 Å². The molecule has 0 saturated heterocycles. The van der Waals surface area contributed by atoms with Crippen molar-refractivity contribution in [1.82, 2.24) is 9.97 Å². The zero-order chi connectivity index (χ0) is 7.56. The highest BCUT2D eigenvalue weighted by atomic mass is 18.3. The molecule has 0 saturated carbocycles. The number of aromatic amines is 1. The van der Waals surface area contributed by atoms with Gasteiger partial charge in [-0.2, -0.15) is 5.12 Å². The zero-order valence-corrected chi connectivity index (χ0v) is 5.34. The highest BCUT2D eigenvalue weighted by molar-refractivity contribution is 5.30. The Bertz CT molecular complexity index is 270. The van der Waals surface area contributed by atoms with E-state index in [1.807, 2.05) is 0 Å². The van der Waals surface area contributed by atoms with Crippen LogP contribution in [0.25, 0.3) is 0 Å². The van der Waals surface area contributed by atoms with Crippen LogP contribution in [0.5, 0.6) is 0 Å². The zero-order valence-electron chi connectivity index (χ0n) is 5.34. The number of nitrogens with zero attached hydrogens (tertiary/aromatic N) is 2. The van der Waals surface area contributed by atoms with E-state index >= 15 is 0 Å². The van der Waals surface area contributed by atoms with Gasteiger partial charge in [-0.3, -0.25) is 4.98 Å². The summed E-state index contributed by atoms with van der Waals surface area (Å²) in [6.45, 7) is 0. The molecule has 54 valence electrons. The van der Waals surface area contributed by atoms with Crippen LogP contribution in [0.4, 0.5) is 10.3 Å². The summed E-state index contributed by atoms with van der Waals surface area (Å²) in [7, 11) is 1.19. The fourth-order valence-electron chi connectivity index (χ4n) is 0.539. The van der Waals surface area contributed by atoms with Gasteiger partial charge in [0.2, 0.25) is 0 Å². The maximum atomic E-state index is 12.2. The van der Waals surface area contributed by atoms with Gasteiger partial charge in [-0.1, -0.05) is 4.48 Å². The topological polar surface area (TPSA) is 49.0 Å². The van der Waals surface area contributed by atoms with Gasteiger partial charge in [-0.25, -0.2) is 9.78 Å². The number of H-pyrrole nitrogens is 1. The Balaban J connectivity index is 3.07. The summed E-state index contributed by atoms with van der Waals surface area (Å²) in [5, 5.41) is 0.309. The summed E-state index contributed by atoms with van der Waals surface area (Å²) < 4.78 is 12.2. The van der Waals surface area contributed by atoms with E-state index in [0.29, 0.717) is 5.12 Å². The summed E-state index contributed by atoms with van der Waals surface area (Å²) in [5.74, 6) is 0.0972. The van der Waals surface area contributed by atoms with E-state index in [-0.39, 0.29) is 5.82 Å². The quantitative estimate of drug-likeness (QED) is 0.565. The monoisotopic (exact) mass is 142 g/mol. The highest BCUT2D eigenvalue weighted by Crippen LogP contribution is 2.02. The van der Waals surface area contributed by atoms with Crippen LogP contribution in [0.1, 0.15) is 0 Å². The van der Waals surface area contributed by atoms with Gasteiger partial charge >= 0.3 is 5.69 Å². The molecule has 4 nitrogen and oxygen atoms in total. The average Bonchev–Trinajstić information content (AvgIpc) is 1.88. The van der Waals surface area contributed by atoms with Crippen LogP contribution in [0.2, 0.25) is 0 Å². The molecule has 0 fully saturated rings. The first-order chi connectivity index (χ1) is 4.70. The maximum absolute atomic E-state index is 12.2. The summed E-state index contributed by atoms with van der Waals surface area (Å²) in [5.41, 5.74) is -0.554. The molecule has 1 heterocycles. The van der Waals surface area contributed by atoms with E-state index < -0.39 is 5.69 Å². The predicted molar refractivity (Wildman–Crippen MR) is 34.4 cm³/mol. The first-order valence-corrected chi connectivity index (χ1v) is 2.65. The van der Waals surface area contributed by atoms with Crippen molar-refractivity contribution in [2.24, 2.45) is 0 Å². The van der Waals surface area contributed by atoms with E-state index in [1.54, 1.807) is 0 Å². The van der Waals surface area contributed by atoms with Crippen LogP contribution in [0.3, 0.4) is 0 Å². The highest BCUT2D eigenvalue weighted by Gasteiger charge is 1.96. The number of rotatable bonds is 1. The van der Waals surface area contributed by atoms with Crippen LogP contribution >= 0.6 is 0 Å². The van der Waals surface area contributed by atoms with Gasteiger partial charge in [0.05, 0.1) is 0 Å². The van der Waals surface area contributed by atoms with Crippen LogP contribution in [0, 0.1) is 0 Å². The summed E-state index contributed by atoms with van der Waals surface area (Å²) in [6, 6.07) is 1.36. The Morgan fingerprint density at radius 3 is 2.90 bits per heavy atom. The third-order valence-corrected chi connectivity index (χ3v) is 0.991. The van der Waals surface area contributed by atoms with Gasteiger partial charge in [0.15, 0.2) is 0 Å². The van der Waals surface area contributed by atoms with E-state index in [2.05, 4.69) is 9.97 Å². The molecule has 0 aliphatic carbocycles. The van der Waals surface area contributed by atoms with Crippen LogP contribution < -0.4 is 10.8 Å². The van der Waals surface area contributed by atoms with Crippen molar-refractivity contribution in [1.29, 1.82) is 0 Å². The first kappa shape index (κ1) is 6.73. The second-order valence-electron chi connectivity index (χ2n) is 1.74. The molecule has 5 heteroatoms. The largest absolute Gasteiger partial charge is 0.346 e. The third-order valence-electron chi connectivity index (χ3n) is 0.991. The Kier molecular flexibility index (Phi) is 1.66. The molecule has 1 N–H and O–H groups in total. The van der Waals surface area contributed by atoms with Gasteiger partial charge in [0, 0.05) is 13.2 Å². The van der Waals surface area contributed by atoms with Crippen LogP contribution in [-0.4, -0.2) is 17.0 Å². The molecule has 1 aromatic heterocycles. The lowest BCUT2D eigenvalue weighted by atomic mass is 10.6. The van der Waals surface area contributed by atoms with Gasteiger partial charge in [0.25, 0.3) is 0 Å². The number of anilines is 1. The van der Waals surface area contributed by atoms with Crippen molar-refractivity contribution >= 4 is 5.82 Å². The second kappa shape index (κ2) is 2.47. The first-order valence-electron chi connectivity index (χ1n) is 2.65. The number of nitrogens with one attached hydrogen (secondary N) is 1. The predicted octanol–water partition coefficient (Wildman–Crippen LogP) is 0.0906. The van der Waals surface area contributed by atoms with Crippen molar-refractivity contribution in [3.63, 3.8) is 0 Å². The lowest BCUT2D eigenvalue weighted by Crippen LogP contribution is -2.14. The van der Waals surface area contributed by atoms with Crippen molar-refractivity contribution in [3.8, 4) is 0 Å². The van der Waals surface area contributed by atoms with Crippen LogP contribution in [-0.2, 0) is 0 Å². The van der Waals surface area contributed by atoms with E-state index in [9.17, 15) is 9.28 Å². The number of aromatic nitrogens is 2. The molecule has 0 spiro atoms. The molecule has 0 atom stereocenters. The molecule has 0 radical (unpaired) electrons. The molecule has 1 aromatic rings. The molecule has 0 unspecified atom stereocenters. The molecule has 0 amide bonds. The standard InChI is InChI=1S/C5H6FN3O/c1-9(6)4-2-3-7-5(10)8-4/h2-3H,1H3,(H,7,8,10)/i6-1. The smallest absolute Gasteiger partial charge is 0.290 e. The molecule has 1 rings (SSSR count). The average molecular weight is 142 g/mol. The van der Waals surface area contributed by atoms with Crippen LogP contribution in [0.15, 0.2) is 17.1 Å². The summed E-state index contributed by atoms with van der Waals surface area (Å²) in [4.78, 5) is 15.9. The van der Waals surface area contributed by atoms with Crippen molar-refractivity contribution < 1.29 is 4.48 Å². The molecule has 0 aromatic carbocycles. The van der Waals surface area contributed by atoms with Gasteiger partial charge in [-0.15, -0.1) is 0 Å². The van der Waals surface area contributed by atoms with Crippen molar-refractivity contribution in [3.05, 3.63) is 22.7 Å². The molecule has 0 aliphatic rings. The maximum Gasteiger partial charge on any atom is 0.346 e. The Labute approximate surface area is 56.3 Å². The normalized spacial score (nSPS) is 9.40. The molecular weight excluding hydrogens is 136 g/mol. The van der Waals surface area contributed by atoms with E-state index in [0.717, 1.165) is 0 Å². The fraction of sp³-hybridized carbons (Fsp3) is 0.200. The number of hydrogen-bond donors (Lipinski definition) is 1. The molecule has 0 aliphatic heterocycles. The number of hydrogen-bond acceptors (Lipinski definition) is 3. The minimum Gasteiger partial charge on any atom is -0.290 e. The SMILES string of the molecule is CN([18F])c1ccnc(=O)[nH]1. The minimum atomic E-state index is -0.554. The lowest BCUT2D eigenvalue weighted by molar-refractivity contribution is 0.469. The van der Waals surface area contributed by atoms with E-state index in [4.69, 9.17) is 0 Å². The second-order valence-corrected chi connectivity index (χ2v) is 1.74. The minimum absolute atomic E-state index is 0.0972. The van der Waals surface area contributed by atoms with Gasteiger partial charge in [0.1, 0.15) is 5.82 Å². The third kappa shape index (κ3) is 1.31. The molecule has 10 heavy (non-hydrogen) atoms. The van der Waals surface area contributed by atoms with Gasteiger partial charge < -0.3 is 0 Å². The summed E-state index contributed by atoms with van der Waals surface area (Å²) >= 11 is 0. The number of halogens is 1. The van der Waals surface area contributed by atoms with Gasteiger partial charge in [-0.05, 0) is 6.07 Å². The van der Waals surface area contributed by atoms with Crippen molar-refractivity contribution in [2.75, 3.05) is 12.2 Å². The Morgan fingerprint density at radius 2 is 2.50 bits per heavy atom. The Hall–Kier alpha value is -1.39. The molecular formula is C5H6FN3O. The Morgan fingerprint density at radius 1 is 1.80 bits per heavy atom. The molecule has 0 bridgehead atoms. The fourth-order valence-corrected chi connectivity index (χ4v) is 0.539. The summed E-state index contributed by atoms with van der Waals surface area (Å²) in [6.07, 6.45) is 1.24. The lowest BCUT2D eigenvalue weighted by Gasteiger charge is -2.03. The van der Waals surface area contributed by atoms with Crippen molar-refractivity contribution in [2.45, 2.75) is 0 Å².